The number of carbonyl (C=O) groups excluding carboxylic acids is 1. The van der Waals surface area contributed by atoms with Gasteiger partial charge in [0.25, 0.3) is 0 Å². The van der Waals surface area contributed by atoms with Gasteiger partial charge in [0.15, 0.2) is 0 Å². The second kappa shape index (κ2) is 6.60. The van der Waals surface area contributed by atoms with Gasteiger partial charge in [-0.15, -0.1) is 0 Å². The van der Waals surface area contributed by atoms with Gasteiger partial charge >= 0.3 is 12.1 Å². The van der Waals surface area contributed by atoms with E-state index >= 15 is 0 Å². The molecular formula is C18H25NO4. The summed E-state index contributed by atoms with van der Waals surface area (Å²) in [6.07, 6.45) is -0.358. The van der Waals surface area contributed by atoms with Crippen LogP contribution in [-0.2, 0) is 9.53 Å². The number of piperidine rings is 1. The van der Waals surface area contributed by atoms with E-state index in [-0.39, 0.29) is 18.4 Å². The number of amides is 1. The molecule has 0 aliphatic carbocycles. The van der Waals surface area contributed by atoms with Gasteiger partial charge < -0.3 is 14.7 Å². The van der Waals surface area contributed by atoms with Gasteiger partial charge in [-0.05, 0) is 45.2 Å². The molecule has 5 heteroatoms. The monoisotopic (exact) mass is 319 g/mol. The van der Waals surface area contributed by atoms with E-state index < -0.39 is 17.6 Å². The summed E-state index contributed by atoms with van der Waals surface area (Å²) in [7, 11) is 0. The molecule has 23 heavy (non-hydrogen) atoms. The first-order valence-electron chi connectivity index (χ1n) is 7.95. The molecule has 1 amide bonds. The average Bonchev–Trinajstić information content (AvgIpc) is 2.45. The predicted molar refractivity (Wildman–Crippen MR) is 87.5 cm³/mol. The standard InChI is InChI=1S/C18H25NO4/c1-12-7-5-6-8-13(12)14-9-10-19(17(21)22)11-15(14)16(20)23-18(2,3)4/h5-8,14-15H,9-11H2,1-4H3,(H,21,22). The molecule has 0 saturated carbocycles. The molecule has 2 rings (SSSR count). The van der Waals surface area contributed by atoms with Crippen LogP contribution in [0.4, 0.5) is 4.79 Å². The van der Waals surface area contributed by atoms with Crippen molar-refractivity contribution in [2.24, 2.45) is 5.92 Å². The number of hydrogen-bond donors (Lipinski definition) is 1. The molecule has 5 nitrogen and oxygen atoms in total. The van der Waals surface area contributed by atoms with E-state index in [4.69, 9.17) is 4.74 Å². The fraction of sp³-hybridized carbons (Fsp3) is 0.556. The van der Waals surface area contributed by atoms with Crippen molar-refractivity contribution >= 4 is 12.1 Å². The molecule has 126 valence electrons. The maximum Gasteiger partial charge on any atom is 0.407 e. The topological polar surface area (TPSA) is 66.8 Å². The van der Waals surface area contributed by atoms with Crippen molar-refractivity contribution in [3.8, 4) is 0 Å². The molecule has 1 heterocycles. The molecule has 0 bridgehead atoms. The van der Waals surface area contributed by atoms with E-state index in [1.54, 1.807) is 0 Å². The molecule has 0 aromatic heterocycles. The zero-order chi connectivity index (χ0) is 17.2. The number of carbonyl (C=O) groups is 2. The number of ether oxygens (including phenoxy) is 1. The van der Waals surface area contributed by atoms with E-state index in [1.807, 2.05) is 52.0 Å². The SMILES string of the molecule is Cc1ccccc1C1CCN(C(=O)O)CC1C(=O)OC(C)(C)C. The number of benzene rings is 1. The zero-order valence-corrected chi connectivity index (χ0v) is 14.2. The molecule has 0 radical (unpaired) electrons. The maximum atomic E-state index is 12.6. The lowest BCUT2D eigenvalue weighted by molar-refractivity contribution is -0.162. The lowest BCUT2D eigenvalue weighted by atomic mass is 9.79. The third-order valence-electron chi connectivity index (χ3n) is 4.18. The van der Waals surface area contributed by atoms with Crippen molar-refractivity contribution in [3.05, 3.63) is 35.4 Å². The van der Waals surface area contributed by atoms with Crippen molar-refractivity contribution in [3.63, 3.8) is 0 Å². The van der Waals surface area contributed by atoms with Gasteiger partial charge in [-0.3, -0.25) is 4.79 Å². The molecule has 1 aromatic rings. The van der Waals surface area contributed by atoms with Crippen LogP contribution < -0.4 is 0 Å². The van der Waals surface area contributed by atoms with E-state index in [9.17, 15) is 14.7 Å². The van der Waals surface area contributed by atoms with Gasteiger partial charge in [0.1, 0.15) is 5.60 Å². The quantitative estimate of drug-likeness (QED) is 0.848. The highest BCUT2D eigenvalue weighted by Gasteiger charge is 2.39. The first kappa shape index (κ1) is 17.3. The lowest BCUT2D eigenvalue weighted by Crippen LogP contribution is -2.46. The van der Waals surface area contributed by atoms with Crippen molar-refractivity contribution in [1.82, 2.24) is 4.90 Å². The van der Waals surface area contributed by atoms with Gasteiger partial charge in [-0.25, -0.2) is 4.79 Å². The minimum Gasteiger partial charge on any atom is -0.465 e. The van der Waals surface area contributed by atoms with Crippen LogP contribution in [0, 0.1) is 12.8 Å². The Morgan fingerprint density at radius 1 is 1.26 bits per heavy atom. The zero-order valence-electron chi connectivity index (χ0n) is 14.2. The Morgan fingerprint density at radius 3 is 2.48 bits per heavy atom. The van der Waals surface area contributed by atoms with Gasteiger partial charge in [-0.1, -0.05) is 24.3 Å². The van der Waals surface area contributed by atoms with Crippen LogP contribution in [-0.4, -0.2) is 40.8 Å². The molecule has 1 aliphatic rings. The summed E-state index contributed by atoms with van der Waals surface area (Å²) in [5, 5.41) is 9.26. The molecule has 1 fully saturated rings. The molecule has 2 unspecified atom stereocenters. The van der Waals surface area contributed by atoms with Crippen molar-refractivity contribution in [2.45, 2.75) is 45.6 Å². The third-order valence-corrected chi connectivity index (χ3v) is 4.18. The molecule has 2 atom stereocenters. The summed E-state index contributed by atoms with van der Waals surface area (Å²) in [5.41, 5.74) is 1.64. The second-order valence-electron chi connectivity index (χ2n) is 7.12. The minimum atomic E-state index is -0.984. The fourth-order valence-electron chi connectivity index (χ4n) is 3.12. The van der Waals surface area contributed by atoms with Crippen LogP contribution in [0.3, 0.4) is 0 Å². The summed E-state index contributed by atoms with van der Waals surface area (Å²) in [6, 6.07) is 7.96. The van der Waals surface area contributed by atoms with Crippen LogP contribution in [0.5, 0.6) is 0 Å². The first-order valence-corrected chi connectivity index (χ1v) is 7.95. The van der Waals surface area contributed by atoms with Gasteiger partial charge in [0.05, 0.1) is 5.92 Å². The van der Waals surface area contributed by atoms with E-state index in [0.29, 0.717) is 13.0 Å². The predicted octanol–water partition coefficient (Wildman–Crippen LogP) is 3.42. The van der Waals surface area contributed by atoms with E-state index in [0.717, 1.165) is 11.1 Å². The summed E-state index contributed by atoms with van der Waals surface area (Å²) >= 11 is 0. The number of rotatable bonds is 2. The summed E-state index contributed by atoms with van der Waals surface area (Å²) < 4.78 is 5.54. The maximum absolute atomic E-state index is 12.6. The van der Waals surface area contributed by atoms with Crippen LogP contribution >= 0.6 is 0 Å². The Hall–Kier alpha value is -2.04. The molecular weight excluding hydrogens is 294 g/mol. The number of aryl methyl sites for hydroxylation is 1. The Balaban J connectivity index is 2.30. The van der Waals surface area contributed by atoms with Crippen LogP contribution in [0.25, 0.3) is 0 Å². The molecule has 1 aliphatic heterocycles. The van der Waals surface area contributed by atoms with Crippen molar-refractivity contribution < 1.29 is 19.4 Å². The highest BCUT2D eigenvalue weighted by atomic mass is 16.6. The normalized spacial score (nSPS) is 21.8. The molecule has 0 spiro atoms. The molecule has 1 N–H and O–H groups in total. The average molecular weight is 319 g/mol. The second-order valence-corrected chi connectivity index (χ2v) is 7.12. The van der Waals surface area contributed by atoms with Gasteiger partial charge in [-0.2, -0.15) is 0 Å². The lowest BCUT2D eigenvalue weighted by Gasteiger charge is -2.37. The summed E-state index contributed by atoms with van der Waals surface area (Å²) in [5.74, 6) is -0.807. The highest BCUT2D eigenvalue weighted by Crippen LogP contribution is 2.36. The number of hydrogen-bond acceptors (Lipinski definition) is 3. The Bertz CT molecular complexity index is 591. The highest BCUT2D eigenvalue weighted by molar-refractivity contribution is 5.76. The Kier molecular flexibility index (Phi) is 4.97. The number of esters is 1. The Labute approximate surface area is 137 Å². The van der Waals surface area contributed by atoms with E-state index in [2.05, 4.69) is 0 Å². The summed E-state index contributed by atoms with van der Waals surface area (Å²) in [6.45, 7) is 8.12. The molecule has 1 aromatic carbocycles. The van der Waals surface area contributed by atoms with Crippen LogP contribution in [0.15, 0.2) is 24.3 Å². The largest absolute Gasteiger partial charge is 0.465 e. The van der Waals surface area contributed by atoms with Gasteiger partial charge in [0, 0.05) is 19.0 Å². The number of likely N-dealkylation sites (tertiary alicyclic amines) is 1. The molecule has 1 saturated heterocycles. The Morgan fingerprint density at radius 2 is 1.91 bits per heavy atom. The van der Waals surface area contributed by atoms with Crippen molar-refractivity contribution in [1.29, 1.82) is 0 Å². The van der Waals surface area contributed by atoms with E-state index in [1.165, 1.54) is 4.90 Å². The first-order chi connectivity index (χ1) is 10.7. The summed E-state index contributed by atoms with van der Waals surface area (Å²) in [4.78, 5) is 25.2. The third kappa shape index (κ3) is 4.24. The fourth-order valence-corrected chi connectivity index (χ4v) is 3.12. The van der Waals surface area contributed by atoms with Crippen molar-refractivity contribution in [2.75, 3.05) is 13.1 Å². The smallest absolute Gasteiger partial charge is 0.407 e. The van der Waals surface area contributed by atoms with Gasteiger partial charge in [0.2, 0.25) is 0 Å². The van der Waals surface area contributed by atoms with Crippen LogP contribution in [0.2, 0.25) is 0 Å². The number of nitrogens with zero attached hydrogens (tertiary/aromatic N) is 1. The minimum absolute atomic E-state index is 0.0124. The van der Waals surface area contributed by atoms with Crippen LogP contribution in [0.1, 0.15) is 44.2 Å². The number of carboxylic acid groups (broad SMARTS) is 1.